The molecule has 0 spiro atoms. The zero-order chi connectivity index (χ0) is 21.5. The highest BCUT2D eigenvalue weighted by Gasteiger charge is 2.27. The number of nitrogens with one attached hydrogen (secondary N) is 1. The van der Waals surface area contributed by atoms with Crippen LogP contribution in [0.1, 0.15) is 29.3 Å². The number of ether oxygens (including phenoxy) is 1. The molecule has 154 valence electrons. The molecule has 2 heterocycles. The second-order valence-electron chi connectivity index (χ2n) is 6.88. The van der Waals surface area contributed by atoms with E-state index in [4.69, 9.17) is 11.2 Å². The average molecular weight is 405 g/mol. The van der Waals surface area contributed by atoms with Crippen molar-refractivity contribution in [3.05, 3.63) is 53.9 Å². The Balaban J connectivity index is 1.67. The first-order chi connectivity index (χ1) is 14.5. The predicted octanol–water partition coefficient (Wildman–Crippen LogP) is 1.82. The molecule has 7 heteroatoms. The van der Waals surface area contributed by atoms with Gasteiger partial charge in [-0.05, 0) is 48.2 Å². The molecule has 2 aromatic rings. The third-order valence-electron chi connectivity index (χ3n) is 4.84. The van der Waals surface area contributed by atoms with Crippen LogP contribution in [0.3, 0.4) is 0 Å². The lowest BCUT2D eigenvalue weighted by molar-refractivity contribution is -0.143. The quantitative estimate of drug-likeness (QED) is 0.561. The van der Waals surface area contributed by atoms with Crippen molar-refractivity contribution in [3.63, 3.8) is 0 Å². The maximum Gasteiger partial charge on any atom is 0.308 e. The SMILES string of the molecule is C#C[C@H](CC(=O)OCC)NC(=O)CN1CCc2ccc(-c3ccncc3)cc2C1=O. The van der Waals surface area contributed by atoms with Crippen LogP contribution in [-0.4, -0.2) is 53.4 Å². The van der Waals surface area contributed by atoms with E-state index in [1.54, 1.807) is 19.3 Å². The van der Waals surface area contributed by atoms with Crippen LogP contribution in [-0.2, 0) is 20.7 Å². The largest absolute Gasteiger partial charge is 0.466 e. The first-order valence-corrected chi connectivity index (χ1v) is 9.75. The van der Waals surface area contributed by atoms with Crippen molar-refractivity contribution < 1.29 is 19.1 Å². The molecule has 0 radical (unpaired) electrons. The summed E-state index contributed by atoms with van der Waals surface area (Å²) in [6.07, 6.45) is 9.35. The molecule has 1 aromatic heterocycles. The third kappa shape index (κ3) is 5.03. The fourth-order valence-electron chi connectivity index (χ4n) is 3.35. The van der Waals surface area contributed by atoms with Crippen LogP contribution in [0, 0.1) is 12.3 Å². The van der Waals surface area contributed by atoms with Crippen LogP contribution in [0.4, 0.5) is 0 Å². The molecule has 1 atom stereocenters. The molecule has 30 heavy (non-hydrogen) atoms. The number of carbonyl (C=O) groups is 3. The lowest BCUT2D eigenvalue weighted by Gasteiger charge is -2.28. The van der Waals surface area contributed by atoms with E-state index in [0.717, 1.165) is 16.7 Å². The molecule has 3 rings (SSSR count). The van der Waals surface area contributed by atoms with Gasteiger partial charge in [-0.15, -0.1) is 6.42 Å². The minimum Gasteiger partial charge on any atom is -0.466 e. The van der Waals surface area contributed by atoms with Gasteiger partial charge >= 0.3 is 5.97 Å². The van der Waals surface area contributed by atoms with Gasteiger partial charge in [0.05, 0.1) is 19.6 Å². The van der Waals surface area contributed by atoms with Crippen molar-refractivity contribution in [2.24, 2.45) is 0 Å². The molecule has 1 aliphatic rings. The Morgan fingerprint density at radius 3 is 2.73 bits per heavy atom. The number of esters is 1. The smallest absolute Gasteiger partial charge is 0.308 e. The number of terminal acetylenes is 1. The Morgan fingerprint density at radius 1 is 1.27 bits per heavy atom. The molecular formula is C23H23N3O4. The summed E-state index contributed by atoms with van der Waals surface area (Å²) in [7, 11) is 0. The Kier molecular flexibility index (Phi) is 6.81. The zero-order valence-corrected chi connectivity index (χ0v) is 16.8. The van der Waals surface area contributed by atoms with E-state index < -0.39 is 17.9 Å². The molecule has 1 N–H and O–H groups in total. The summed E-state index contributed by atoms with van der Waals surface area (Å²) < 4.78 is 4.86. The second-order valence-corrected chi connectivity index (χ2v) is 6.88. The number of benzene rings is 1. The fraction of sp³-hybridized carbons (Fsp3) is 0.304. The van der Waals surface area contributed by atoms with Gasteiger partial charge < -0.3 is 15.0 Å². The standard InChI is InChI=1S/C23H23N3O4/c1-3-19(14-22(28)30-4-2)25-21(27)15-26-12-9-17-5-6-18(13-20(17)23(26)29)16-7-10-24-11-8-16/h1,5-8,10-11,13,19H,4,9,12,14-15H2,2H3,(H,25,27)/t19-/m1/s1. The highest BCUT2D eigenvalue weighted by Crippen LogP contribution is 2.26. The van der Waals surface area contributed by atoms with Crippen LogP contribution >= 0.6 is 0 Å². The molecule has 1 aliphatic heterocycles. The minimum atomic E-state index is -0.776. The van der Waals surface area contributed by atoms with Crippen molar-refractivity contribution in [2.75, 3.05) is 19.7 Å². The number of rotatable bonds is 7. The maximum absolute atomic E-state index is 13.0. The Morgan fingerprint density at radius 2 is 2.03 bits per heavy atom. The van der Waals surface area contributed by atoms with Crippen molar-refractivity contribution in [1.29, 1.82) is 0 Å². The number of hydrogen-bond donors (Lipinski definition) is 1. The van der Waals surface area contributed by atoms with Gasteiger partial charge in [0.15, 0.2) is 0 Å². The summed E-state index contributed by atoms with van der Waals surface area (Å²) >= 11 is 0. The van der Waals surface area contributed by atoms with Crippen LogP contribution in [0.15, 0.2) is 42.7 Å². The Bertz CT molecular complexity index is 982. The third-order valence-corrected chi connectivity index (χ3v) is 4.84. The van der Waals surface area contributed by atoms with E-state index in [0.29, 0.717) is 18.5 Å². The zero-order valence-electron chi connectivity index (χ0n) is 16.8. The van der Waals surface area contributed by atoms with Crippen LogP contribution in [0.2, 0.25) is 0 Å². The first-order valence-electron chi connectivity index (χ1n) is 9.75. The molecule has 1 aromatic carbocycles. The number of hydrogen-bond acceptors (Lipinski definition) is 5. The topological polar surface area (TPSA) is 88.6 Å². The van der Waals surface area contributed by atoms with Gasteiger partial charge in [-0.2, -0.15) is 0 Å². The first kappa shape index (κ1) is 21.1. The van der Waals surface area contributed by atoms with Gasteiger partial charge in [0, 0.05) is 24.5 Å². The summed E-state index contributed by atoms with van der Waals surface area (Å²) in [4.78, 5) is 42.5. The van der Waals surface area contributed by atoms with Crippen molar-refractivity contribution in [2.45, 2.75) is 25.8 Å². The monoisotopic (exact) mass is 405 g/mol. The van der Waals surface area contributed by atoms with E-state index in [9.17, 15) is 14.4 Å². The van der Waals surface area contributed by atoms with Crippen molar-refractivity contribution >= 4 is 17.8 Å². The van der Waals surface area contributed by atoms with E-state index in [2.05, 4.69) is 16.2 Å². The molecule has 0 unspecified atom stereocenters. The van der Waals surface area contributed by atoms with Gasteiger partial charge in [-0.1, -0.05) is 18.1 Å². The molecule has 0 fully saturated rings. The highest BCUT2D eigenvalue weighted by atomic mass is 16.5. The van der Waals surface area contributed by atoms with E-state index >= 15 is 0 Å². The normalized spacial score (nSPS) is 13.7. The van der Waals surface area contributed by atoms with Gasteiger partial charge in [0.25, 0.3) is 5.91 Å². The molecule has 0 saturated carbocycles. The average Bonchev–Trinajstić information content (AvgIpc) is 2.76. The predicted molar refractivity (Wildman–Crippen MR) is 111 cm³/mol. The molecule has 7 nitrogen and oxygen atoms in total. The molecular weight excluding hydrogens is 382 g/mol. The van der Waals surface area contributed by atoms with Crippen LogP contribution < -0.4 is 5.32 Å². The van der Waals surface area contributed by atoms with Gasteiger partial charge in [0.2, 0.25) is 5.91 Å². The molecule has 0 saturated heterocycles. The van der Waals surface area contributed by atoms with Crippen LogP contribution in [0.25, 0.3) is 11.1 Å². The maximum atomic E-state index is 13.0. The van der Waals surface area contributed by atoms with Gasteiger partial charge in [0.1, 0.15) is 6.04 Å². The lowest BCUT2D eigenvalue weighted by atomic mass is 9.94. The van der Waals surface area contributed by atoms with E-state index in [-0.39, 0.29) is 25.5 Å². The van der Waals surface area contributed by atoms with E-state index in [1.807, 2.05) is 30.3 Å². The summed E-state index contributed by atoms with van der Waals surface area (Å²) in [5, 5.41) is 2.61. The summed E-state index contributed by atoms with van der Waals surface area (Å²) in [5.74, 6) is 1.28. The second kappa shape index (κ2) is 9.70. The lowest BCUT2D eigenvalue weighted by Crippen LogP contribution is -2.46. The molecule has 0 aliphatic carbocycles. The number of carbonyl (C=O) groups excluding carboxylic acids is 3. The minimum absolute atomic E-state index is 0.109. The summed E-state index contributed by atoms with van der Waals surface area (Å²) in [5.41, 5.74) is 3.42. The molecule has 0 bridgehead atoms. The van der Waals surface area contributed by atoms with Gasteiger partial charge in [-0.3, -0.25) is 19.4 Å². The number of amides is 2. The number of nitrogens with zero attached hydrogens (tertiary/aromatic N) is 2. The van der Waals surface area contributed by atoms with Gasteiger partial charge in [-0.25, -0.2) is 0 Å². The fourth-order valence-corrected chi connectivity index (χ4v) is 3.35. The summed E-state index contributed by atoms with van der Waals surface area (Å²) in [6.45, 7) is 2.25. The van der Waals surface area contributed by atoms with Crippen molar-refractivity contribution in [1.82, 2.24) is 15.2 Å². The highest BCUT2D eigenvalue weighted by molar-refractivity contribution is 5.99. The van der Waals surface area contributed by atoms with Crippen molar-refractivity contribution in [3.8, 4) is 23.5 Å². The number of pyridine rings is 1. The Hall–Kier alpha value is -3.66. The molecule has 2 amide bonds. The van der Waals surface area contributed by atoms with Crippen LogP contribution in [0.5, 0.6) is 0 Å². The number of aromatic nitrogens is 1. The van der Waals surface area contributed by atoms with E-state index in [1.165, 1.54) is 4.90 Å². The number of fused-ring (bicyclic) bond motifs is 1. The summed E-state index contributed by atoms with van der Waals surface area (Å²) in [6, 6.07) is 8.77. The Labute approximate surface area is 175 Å².